The summed E-state index contributed by atoms with van der Waals surface area (Å²) in [6.45, 7) is 4.68. The minimum Gasteiger partial charge on any atom is -0.549 e. The molecule has 23 heteroatoms. The van der Waals surface area contributed by atoms with Crippen LogP contribution in [-0.4, -0.2) is 88.0 Å². The molecule has 58 heavy (non-hydrogen) atoms. The number of rotatable bonds is 31. The first-order chi connectivity index (χ1) is 26.3. The van der Waals surface area contributed by atoms with Crippen molar-refractivity contribution in [3.05, 3.63) is 0 Å². The first kappa shape index (κ1) is 58.5. The Bertz CT molecular complexity index is 1150. The molecule has 0 saturated heterocycles. The maximum atomic E-state index is 13.5. The molecule has 5 nitrogen and oxygen atoms in total. The first-order valence-electron chi connectivity index (χ1n) is 18.8. The van der Waals surface area contributed by atoms with Crippen LogP contribution in [0.5, 0.6) is 0 Å². The van der Waals surface area contributed by atoms with Gasteiger partial charge in [-0.2, -0.15) is 0 Å². The van der Waals surface area contributed by atoms with Crippen LogP contribution in [0.25, 0.3) is 0 Å². The molecule has 0 heterocycles. The van der Waals surface area contributed by atoms with E-state index in [9.17, 15) is 89.3 Å². The molecule has 0 aliphatic heterocycles. The molecule has 0 fully saturated rings. The number of hydrogen-bond acceptors (Lipinski definition) is 5. The van der Waals surface area contributed by atoms with Crippen LogP contribution in [0.2, 0.25) is 0 Å². The van der Waals surface area contributed by atoms with Crippen molar-refractivity contribution in [1.82, 2.24) is 0 Å². The molecule has 0 spiro atoms. The van der Waals surface area contributed by atoms with E-state index in [1.807, 2.05) is 0 Å². The molecule has 0 aromatic heterocycles. The summed E-state index contributed by atoms with van der Waals surface area (Å²) in [6, 6.07) is 0. The van der Waals surface area contributed by atoms with Gasteiger partial charge in [0.15, 0.2) is 0 Å². The van der Waals surface area contributed by atoms with E-state index in [1.54, 1.807) is 0 Å². The zero-order chi connectivity index (χ0) is 45.9. The van der Waals surface area contributed by atoms with Gasteiger partial charge in [0.1, 0.15) is 5.78 Å². The van der Waals surface area contributed by atoms with Crippen LogP contribution in [-0.2, 0) is 17.2 Å². The summed E-state index contributed by atoms with van der Waals surface area (Å²) in [5.41, 5.74) is 0. The Morgan fingerprint density at radius 2 is 0.862 bits per heavy atom. The Labute approximate surface area is 333 Å². The summed E-state index contributed by atoms with van der Waals surface area (Å²) in [7, 11) is 0. The summed E-state index contributed by atoms with van der Waals surface area (Å²) in [5, 5.41) is 10.8. The fourth-order valence-electron chi connectivity index (χ4n) is 5.12. The molecule has 0 N–H and O–H groups in total. The van der Waals surface area contributed by atoms with E-state index in [1.165, 1.54) is 104 Å². The number of carboxylic acids is 1. The van der Waals surface area contributed by atoms with Crippen molar-refractivity contribution in [2.45, 2.75) is 197 Å². The zero-order valence-electron chi connectivity index (χ0n) is 32.6. The van der Waals surface area contributed by atoms with E-state index in [0.717, 1.165) is 19.3 Å². The molecule has 0 bridgehead atoms. The normalized spacial score (nSPS) is 14.2. The summed E-state index contributed by atoms with van der Waals surface area (Å²) >= 11 is -1.70. The van der Waals surface area contributed by atoms with Crippen molar-refractivity contribution in [1.29, 1.82) is 0 Å². The summed E-state index contributed by atoms with van der Waals surface area (Å²) in [6.07, 6.45) is 10.2. The number of hydrogen-bond donors (Lipinski definition) is 0. The van der Waals surface area contributed by atoms with Gasteiger partial charge in [-0.15, -0.1) is 0 Å². The van der Waals surface area contributed by atoms with Gasteiger partial charge >= 0.3 is 179 Å². The molecule has 0 aromatic carbocycles. The quantitative estimate of drug-likeness (QED) is 0.0300. The second-order valence-electron chi connectivity index (χ2n) is 14.1. The number of aliphatic carboxylic acids is 1. The molecule has 0 aliphatic rings. The van der Waals surface area contributed by atoms with Crippen molar-refractivity contribution in [2.24, 2.45) is 5.92 Å². The van der Waals surface area contributed by atoms with Gasteiger partial charge in [-0.25, -0.2) is 0 Å². The standard InChI is InChI=1S/C22H42O3.C10H4F17O.C3H7O.Al/c1-3-4-5-6-7-8-9-10-11-12-13-14-15-16-17-18-19-21(20(2)23)22(24)25;11-3(12,1-2-28)4(13,14)5(15,16)6(17,18)7(19,20)8(21,22)9(23,24)10(25,26)27;1-3(2)4;/h21H,3-19H2,1-2H3,(H,24,25);1-2H2;3H,1-2H3;/q;2*-1;+3/p-1. The Balaban J connectivity index is 0. The minimum atomic E-state index is -8.62. The average molecular weight is 903 g/mol. The molecule has 0 rings (SSSR count). The van der Waals surface area contributed by atoms with E-state index in [2.05, 4.69) is 14.5 Å². The number of alkyl halides is 17. The van der Waals surface area contributed by atoms with Crippen LogP contribution >= 0.6 is 0 Å². The minimum absolute atomic E-state index is 0.277. The van der Waals surface area contributed by atoms with E-state index in [0.29, 0.717) is 6.42 Å². The molecular weight excluding hydrogens is 850 g/mol. The second kappa shape index (κ2) is 25.4. The van der Waals surface area contributed by atoms with E-state index in [4.69, 9.17) is 0 Å². The first-order valence-corrected chi connectivity index (χ1v) is 19.7. The molecule has 0 saturated carbocycles. The van der Waals surface area contributed by atoms with E-state index < -0.39 is 94.5 Å². The summed E-state index contributed by atoms with van der Waals surface area (Å²) < 4.78 is 230. The number of ketones is 1. The van der Waals surface area contributed by atoms with Crippen LogP contribution < -0.4 is 5.11 Å². The number of unbranched alkanes of at least 4 members (excludes halogenated alkanes) is 15. The van der Waals surface area contributed by atoms with Gasteiger partial charge in [0.2, 0.25) is 0 Å². The van der Waals surface area contributed by atoms with Crippen LogP contribution in [0.15, 0.2) is 0 Å². The smallest absolute Gasteiger partial charge is 0.549 e. The third-order valence-corrected chi connectivity index (χ3v) is 9.87. The predicted octanol–water partition coefficient (Wildman–Crippen LogP) is 12.0. The number of halogens is 17. The van der Waals surface area contributed by atoms with Gasteiger partial charge in [-0.3, -0.25) is 4.79 Å². The van der Waals surface area contributed by atoms with Crippen LogP contribution in [0.3, 0.4) is 0 Å². The summed E-state index contributed by atoms with van der Waals surface area (Å²) in [5.74, 6) is -58.6. The van der Waals surface area contributed by atoms with Gasteiger partial charge in [-0.05, 0) is 13.3 Å². The van der Waals surface area contributed by atoms with E-state index >= 15 is 0 Å². The molecule has 0 radical (unpaired) electrons. The second-order valence-corrected chi connectivity index (χ2v) is 14.9. The van der Waals surface area contributed by atoms with Gasteiger partial charge in [-0.1, -0.05) is 110 Å². The van der Waals surface area contributed by atoms with Crippen molar-refractivity contribution in [3.8, 4) is 0 Å². The molecule has 1 unspecified atom stereocenters. The number of carbonyl (C=O) groups excluding carboxylic acids is 2. The Morgan fingerprint density at radius 1 is 0.534 bits per heavy atom. The van der Waals surface area contributed by atoms with Gasteiger partial charge < -0.3 is 9.90 Å². The fourth-order valence-corrected chi connectivity index (χ4v) is 5.64. The number of carboxylic acid groups (broad SMARTS) is 1. The Hall–Kier alpha value is -1.60. The van der Waals surface area contributed by atoms with Crippen LogP contribution in [0, 0.1) is 5.92 Å². The third-order valence-electron chi connectivity index (χ3n) is 8.84. The van der Waals surface area contributed by atoms with Gasteiger partial charge in [0.25, 0.3) is 0 Å². The molecule has 0 amide bonds. The zero-order valence-corrected chi connectivity index (χ0v) is 33.8. The van der Waals surface area contributed by atoms with Crippen molar-refractivity contribution < 1.29 is 96.9 Å². The van der Waals surface area contributed by atoms with Gasteiger partial charge in [0, 0.05) is 0 Å². The molecule has 0 aliphatic carbocycles. The third kappa shape index (κ3) is 16.7. The topological polar surface area (TPSA) is 75.7 Å². The van der Waals surface area contributed by atoms with Crippen molar-refractivity contribution >= 4 is 27.6 Å². The number of carbonyl (C=O) groups is 2. The average Bonchev–Trinajstić information content (AvgIpc) is 3.08. The molecule has 344 valence electrons. The fraction of sp³-hybridized carbons (Fsp3) is 0.943. The van der Waals surface area contributed by atoms with E-state index in [-0.39, 0.29) is 5.78 Å². The van der Waals surface area contributed by atoms with Crippen molar-refractivity contribution in [3.63, 3.8) is 0 Å². The summed E-state index contributed by atoms with van der Waals surface area (Å²) in [4.78, 5) is 22.0. The molecule has 1 atom stereocenters. The van der Waals surface area contributed by atoms with Crippen LogP contribution in [0.1, 0.15) is 143 Å². The van der Waals surface area contributed by atoms with Crippen LogP contribution in [0.4, 0.5) is 74.6 Å². The number of Topliss-reactive ketones (excluding diaryl/α,β-unsaturated/α-hetero) is 1. The SMILES string of the molecule is CC(C)[O][Al+][O]CCC(F)(F)C(F)(F)C(F)(F)C(F)(F)C(F)(F)C(F)(F)C(F)(F)C(F)(F)F.CCCCCCCCCCCCCCCCCCC(C(C)=O)C(=O)[O-]. The monoisotopic (exact) mass is 902 g/mol. The van der Waals surface area contributed by atoms with Crippen molar-refractivity contribution in [2.75, 3.05) is 6.61 Å². The molecule has 0 aromatic rings. The Kier molecular flexibility index (Phi) is 25.6. The predicted molar refractivity (Wildman–Crippen MR) is 177 cm³/mol. The maximum absolute atomic E-state index is 13.5. The molecular formula is C35H52AlF17O5. The van der Waals surface area contributed by atoms with Gasteiger partial charge in [0.05, 0.1) is 11.9 Å². The Morgan fingerprint density at radius 3 is 1.17 bits per heavy atom.